The van der Waals surface area contributed by atoms with Gasteiger partial charge in [-0.2, -0.15) is 0 Å². The van der Waals surface area contributed by atoms with Gasteiger partial charge in [-0.05, 0) is 43.9 Å². The number of aromatic nitrogens is 2. The van der Waals surface area contributed by atoms with Gasteiger partial charge in [0.05, 0.1) is 35.0 Å². The first-order valence-corrected chi connectivity index (χ1v) is 12.7. The Hall–Kier alpha value is -2.58. The van der Waals surface area contributed by atoms with Crippen LogP contribution in [0.2, 0.25) is 0 Å². The lowest BCUT2D eigenvalue weighted by molar-refractivity contribution is 0.0603. The molecule has 0 bridgehead atoms. The zero-order chi connectivity index (χ0) is 23.1. The number of methoxy groups -OCH3 is 1. The van der Waals surface area contributed by atoms with E-state index in [-0.39, 0.29) is 18.6 Å². The molecule has 3 heterocycles. The molecule has 2 aliphatic rings. The third-order valence-corrected chi connectivity index (χ3v) is 8.59. The van der Waals surface area contributed by atoms with Gasteiger partial charge in [-0.15, -0.1) is 11.3 Å². The average Bonchev–Trinajstić information content (AvgIpc) is 3.53. The molecule has 2 aromatic heterocycles. The molecular weight excluding hydrogens is 436 g/mol. The number of aliphatic hydroxyl groups is 1. The van der Waals surface area contributed by atoms with E-state index in [4.69, 9.17) is 15.5 Å². The van der Waals surface area contributed by atoms with E-state index in [9.17, 15) is 9.90 Å². The van der Waals surface area contributed by atoms with Gasteiger partial charge in [0.2, 0.25) is 0 Å². The van der Waals surface area contributed by atoms with Crippen molar-refractivity contribution in [1.82, 2.24) is 9.55 Å². The van der Waals surface area contributed by atoms with Crippen molar-refractivity contribution in [2.75, 3.05) is 30.9 Å². The summed E-state index contributed by atoms with van der Waals surface area (Å²) in [5.41, 5.74) is 10.5. The van der Waals surface area contributed by atoms with Crippen molar-refractivity contribution in [2.24, 2.45) is 5.92 Å². The molecule has 3 N–H and O–H groups in total. The Labute approximate surface area is 198 Å². The van der Waals surface area contributed by atoms with E-state index in [1.165, 1.54) is 50.6 Å². The summed E-state index contributed by atoms with van der Waals surface area (Å²) < 4.78 is 7.41. The molecule has 0 spiro atoms. The summed E-state index contributed by atoms with van der Waals surface area (Å²) in [6.45, 7) is 2.96. The maximum Gasteiger partial charge on any atom is 0.343 e. The Morgan fingerprint density at radius 2 is 2.09 bits per heavy atom. The fraction of sp³-hybridized carbons (Fsp3) is 0.520. The number of esters is 1. The molecule has 1 aliphatic heterocycles. The van der Waals surface area contributed by atoms with Crippen LogP contribution in [0.1, 0.15) is 61.8 Å². The molecule has 1 aliphatic carbocycles. The minimum absolute atomic E-state index is 0.141. The summed E-state index contributed by atoms with van der Waals surface area (Å²) in [6.07, 6.45) is 9.14. The second-order valence-corrected chi connectivity index (χ2v) is 10.4. The smallest absolute Gasteiger partial charge is 0.343 e. The molecule has 1 saturated heterocycles. The van der Waals surface area contributed by atoms with Crippen LogP contribution >= 0.6 is 11.3 Å². The first-order valence-electron chi connectivity index (χ1n) is 11.9. The average molecular weight is 469 g/mol. The number of anilines is 2. The summed E-state index contributed by atoms with van der Waals surface area (Å²) in [5, 5.41) is 10.5. The van der Waals surface area contributed by atoms with Crippen LogP contribution in [0.25, 0.3) is 21.5 Å². The first-order chi connectivity index (χ1) is 16.0. The fourth-order valence-corrected chi connectivity index (χ4v) is 6.85. The number of nitrogens with zero attached hydrogens (tertiary/aromatic N) is 3. The van der Waals surface area contributed by atoms with Crippen molar-refractivity contribution in [3.8, 4) is 10.4 Å². The molecule has 1 aromatic carbocycles. The summed E-state index contributed by atoms with van der Waals surface area (Å²) in [7, 11) is 1.39. The van der Waals surface area contributed by atoms with Gasteiger partial charge < -0.3 is 25.0 Å². The SMILES string of the molecule is COC(=O)c1c(N2C[C@@H](CO)C[C@H]2C)sc(-c2ccc3c(c2)ncn3C2CCCCC2)c1N. The van der Waals surface area contributed by atoms with Crippen LogP contribution in [0.15, 0.2) is 24.5 Å². The quantitative estimate of drug-likeness (QED) is 0.520. The minimum Gasteiger partial charge on any atom is -0.465 e. The van der Waals surface area contributed by atoms with Crippen LogP contribution in [-0.4, -0.2) is 46.9 Å². The lowest BCUT2D eigenvalue weighted by Crippen LogP contribution is -2.28. The molecule has 2 atom stereocenters. The molecule has 8 heteroatoms. The highest BCUT2D eigenvalue weighted by Gasteiger charge is 2.35. The topological polar surface area (TPSA) is 93.6 Å². The Balaban J connectivity index is 1.55. The zero-order valence-electron chi connectivity index (χ0n) is 19.3. The van der Waals surface area contributed by atoms with Crippen molar-refractivity contribution >= 4 is 39.0 Å². The number of nitrogen functional groups attached to an aromatic ring is 1. The van der Waals surface area contributed by atoms with Crippen LogP contribution in [0, 0.1) is 5.92 Å². The van der Waals surface area contributed by atoms with Gasteiger partial charge >= 0.3 is 5.97 Å². The zero-order valence-corrected chi connectivity index (χ0v) is 20.1. The second-order valence-electron chi connectivity index (χ2n) is 9.45. The first kappa shape index (κ1) is 22.2. The van der Waals surface area contributed by atoms with E-state index >= 15 is 0 Å². The normalized spacial score (nSPS) is 21.7. The van der Waals surface area contributed by atoms with Gasteiger partial charge in [0, 0.05) is 31.2 Å². The molecule has 0 radical (unpaired) electrons. The maximum atomic E-state index is 12.7. The lowest BCUT2D eigenvalue weighted by Gasteiger charge is -2.23. The molecule has 3 aromatic rings. The maximum absolute atomic E-state index is 12.7. The molecule has 176 valence electrons. The minimum atomic E-state index is -0.424. The number of hydrogen-bond donors (Lipinski definition) is 2. The van der Waals surface area contributed by atoms with Crippen LogP contribution in [0.3, 0.4) is 0 Å². The third kappa shape index (κ3) is 3.89. The molecule has 1 saturated carbocycles. The molecule has 2 fully saturated rings. The van der Waals surface area contributed by atoms with Crippen LogP contribution in [-0.2, 0) is 4.74 Å². The second kappa shape index (κ2) is 8.99. The number of benzene rings is 1. The van der Waals surface area contributed by atoms with E-state index in [1.54, 1.807) is 0 Å². The number of nitrogens with two attached hydrogens (primary N) is 1. The summed E-state index contributed by atoms with van der Waals surface area (Å²) in [5.74, 6) is -0.232. The van der Waals surface area contributed by atoms with Gasteiger partial charge in [0.1, 0.15) is 10.6 Å². The Morgan fingerprint density at radius 1 is 1.30 bits per heavy atom. The van der Waals surface area contributed by atoms with E-state index in [2.05, 4.69) is 34.6 Å². The van der Waals surface area contributed by atoms with Crippen molar-refractivity contribution in [3.63, 3.8) is 0 Å². The largest absolute Gasteiger partial charge is 0.465 e. The van der Waals surface area contributed by atoms with Crippen LogP contribution in [0.5, 0.6) is 0 Å². The number of rotatable bonds is 5. The van der Waals surface area contributed by atoms with Crippen molar-refractivity contribution < 1.29 is 14.6 Å². The van der Waals surface area contributed by atoms with Crippen LogP contribution in [0.4, 0.5) is 10.7 Å². The molecule has 33 heavy (non-hydrogen) atoms. The number of thiophene rings is 1. The highest BCUT2D eigenvalue weighted by Crippen LogP contribution is 2.47. The Kier molecular flexibility index (Phi) is 6.05. The van der Waals surface area contributed by atoms with E-state index in [0.717, 1.165) is 32.9 Å². The number of carbonyl (C=O) groups is 1. The highest BCUT2D eigenvalue weighted by atomic mass is 32.1. The number of imidazole rings is 1. The number of ether oxygens (including phenoxy) is 1. The van der Waals surface area contributed by atoms with Crippen molar-refractivity contribution in [2.45, 2.75) is 57.5 Å². The van der Waals surface area contributed by atoms with Gasteiger partial charge in [0.15, 0.2) is 0 Å². The standard InChI is InChI=1S/C25H32N4O3S/c1-15-10-16(13-30)12-28(15)24-21(25(31)32-2)22(26)23(33-24)17-8-9-20-19(11-17)27-14-29(20)18-6-4-3-5-7-18/h8-9,11,14-16,18,30H,3-7,10,12-13,26H2,1-2H3/t15-,16+/m1/s1. The molecule has 0 amide bonds. The summed E-state index contributed by atoms with van der Waals surface area (Å²) >= 11 is 1.52. The number of hydrogen-bond acceptors (Lipinski definition) is 7. The van der Waals surface area contributed by atoms with E-state index in [0.29, 0.717) is 23.8 Å². The van der Waals surface area contributed by atoms with Gasteiger partial charge in [-0.1, -0.05) is 25.3 Å². The number of aliphatic hydroxyl groups excluding tert-OH is 1. The molecular formula is C25H32N4O3S. The van der Waals surface area contributed by atoms with Crippen molar-refractivity contribution in [1.29, 1.82) is 0 Å². The molecule has 5 rings (SSSR count). The predicted octanol–water partition coefficient (Wildman–Crippen LogP) is 4.85. The van der Waals surface area contributed by atoms with Gasteiger partial charge in [0.25, 0.3) is 0 Å². The Morgan fingerprint density at radius 3 is 2.79 bits per heavy atom. The van der Waals surface area contributed by atoms with Crippen LogP contribution < -0.4 is 10.6 Å². The third-order valence-electron chi connectivity index (χ3n) is 7.30. The van der Waals surface area contributed by atoms with E-state index < -0.39 is 5.97 Å². The van der Waals surface area contributed by atoms with Gasteiger partial charge in [-0.25, -0.2) is 9.78 Å². The Bertz CT molecular complexity index is 1160. The summed E-state index contributed by atoms with van der Waals surface area (Å²) in [6, 6.07) is 7.02. The molecule has 0 unspecified atom stereocenters. The summed E-state index contributed by atoms with van der Waals surface area (Å²) in [4.78, 5) is 20.5. The van der Waals surface area contributed by atoms with Crippen molar-refractivity contribution in [3.05, 3.63) is 30.1 Å². The monoisotopic (exact) mass is 468 g/mol. The molecule has 7 nitrogen and oxygen atoms in total. The number of fused-ring (bicyclic) bond motifs is 1. The highest BCUT2D eigenvalue weighted by molar-refractivity contribution is 7.20. The van der Waals surface area contributed by atoms with Gasteiger partial charge in [-0.3, -0.25) is 0 Å². The predicted molar refractivity (Wildman–Crippen MR) is 133 cm³/mol. The van der Waals surface area contributed by atoms with E-state index in [1.807, 2.05) is 6.33 Å². The fourth-order valence-electron chi connectivity index (χ4n) is 5.53. The lowest BCUT2D eigenvalue weighted by atomic mass is 9.95. The number of carbonyl (C=O) groups excluding carboxylic acids is 1.